The second-order valence-electron chi connectivity index (χ2n) is 6.07. The number of nitrogens with one attached hydrogen (secondary N) is 1. The van der Waals surface area contributed by atoms with Gasteiger partial charge in [-0.15, -0.1) is 0 Å². The highest BCUT2D eigenvalue weighted by atomic mass is 16.5. The second-order valence-corrected chi connectivity index (χ2v) is 6.07. The van der Waals surface area contributed by atoms with Crippen molar-refractivity contribution in [2.24, 2.45) is 0 Å². The van der Waals surface area contributed by atoms with Crippen molar-refractivity contribution in [1.29, 1.82) is 0 Å². The Morgan fingerprint density at radius 3 is 2.52 bits per heavy atom. The fourth-order valence-corrected chi connectivity index (χ4v) is 2.43. The van der Waals surface area contributed by atoms with Gasteiger partial charge in [-0.25, -0.2) is 4.79 Å². The van der Waals surface area contributed by atoms with Gasteiger partial charge in [-0.05, 0) is 41.8 Å². The van der Waals surface area contributed by atoms with Crippen LogP contribution in [-0.2, 0) is 4.79 Å². The summed E-state index contributed by atoms with van der Waals surface area (Å²) >= 11 is 0. The highest BCUT2D eigenvalue weighted by Crippen LogP contribution is 2.20. The van der Waals surface area contributed by atoms with Crippen LogP contribution in [0, 0.1) is 0 Å². The van der Waals surface area contributed by atoms with E-state index in [4.69, 9.17) is 9.15 Å². The summed E-state index contributed by atoms with van der Waals surface area (Å²) in [6.45, 7) is 4.11. The lowest BCUT2D eigenvalue weighted by atomic mass is 10.0. The monoisotopic (exact) mass is 337 g/mol. The van der Waals surface area contributed by atoms with E-state index in [0.29, 0.717) is 17.3 Å². The Balaban J connectivity index is 1.61. The first-order chi connectivity index (χ1) is 12.0. The minimum atomic E-state index is -0.424. The van der Waals surface area contributed by atoms with Crippen molar-refractivity contribution in [3.05, 3.63) is 70.6 Å². The molecule has 0 aliphatic carbocycles. The van der Waals surface area contributed by atoms with Gasteiger partial charge in [0.05, 0.1) is 0 Å². The van der Waals surface area contributed by atoms with Crippen LogP contribution in [0.1, 0.15) is 25.3 Å². The summed E-state index contributed by atoms with van der Waals surface area (Å²) in [5, 5.41) is 3.58. The lowest BCUT2D eigenvalue weighted by Gasteiger charge is -2.09. The fraction of sp³-hybridized carbons (Fsp3) is 0.200. The molecular weight excluding hydrogens is 318 g/mol. The molecule has 5 heteroatoms. The number of carbonyl (C=O) groups excluding carboxylic acids is 1. The van der Waals surface area contributed by atoms with E-state index in [2.05, 4.69) is 19.2 Å². The normalized spacial score (nSPS) is 10.8. The maximum Gasteiger partial charge on any atom is 0.336 e. The zero-order valence-electron chi connectivity index (χ0n) is 14.1. The SMILES string of the molecule is CC(C)c1ccc(NC(=O)COc2ccc3ccc(=O)oc3c2)cc1. The van der Waals surface area contributed by atoms with Crippen LogP contribution in [0.3, 0.4) is 0 Å². The largest absolute Gasteiger partial charge is 0.484 e. The van der Waals surface area contributed by atoms with Gasteiger partial charge in [0.15, 0.2) is 6.61 Å². The third kappa shape index (κ3) is 4.26. The summed E-state index contributed by atoms with van der Waals surface area (Å²) in [7, 11) is 0. The van der Waals surface area contributed by atoms with Gasteiger partial charge < -0.3 is 14.5 Å². The average molecular weight is 337 g/mol. The first-order valence-corrected chi connectivity index (χ1v) is 8.08. The van der Waals surface area contributed by atoms with E-state index in [9.17, 15) is 9.59 Å². The first-order valence-electron chi connectivity index (χ1n) is 8.08. The van der Waals surface area contributed by atoms with Crippen molar-refractivity contribution in [3.8, 4) is 5.75 Å². The van der Waals surface area contributed by atoms with E-state index < -0.39 is 5.63 Å². The summed E-state index contributed by atoms with van der Waals surface area (Å²) in [6, 6.07) is 15.9. The molecular formula is C20H19NO4. The van der Waals surface area contributed by atoms with Crippen LogP contribution >= 0.6 is 0 Å². The third-order valence-corrected chi connectivity index (χ3v) is 3.83. The number of anilines is 1. The van der Waals surface area contributed by atoms with Gasteiger partial charge in [0.2, 0.25) is 0 Å². The zero-order chi connectivity index (χ0) is 17.8. The predicted molar refractivity (Wildman–Crippen MR) is 97.1 cm³/mol. The van der Waals surface area contributed by atoms with Gasteiger partial charge in [0.1, 0.15) is 11.3 Å². The Kier molecular flexibility index (Phi) is 4.84. The third-order valence-electron chi connectivity index (χ3n) is 3.83. The Morgan fingerprint density at radius 2 is 1.80 bits per heavy atom. The van der Waals surface area contributed by atoms with Crippen molar-refractivity contribution in [1.82, 2.24) is 0 Å². The number of benzene rings is 2. The van der Waals surface area contributed by atoms with Crippen molar-refractivity contribution >= 4 is 22.6 Å². The fourth-order valence-electron chi connectivity index (χ4n) is 2.43. The molecule has 1 heterocycles. The number of hydrogen-bond donors (Lipinski definition) is 1. The smallest absolute Gasteiger partial charge is 0.336 e. The number of carbonyl (C=O) groups is 1. The molecule has 25 heavy (non-hydrogen) atoms. The molecule has 0 atom stereocenters. The van der Waals surface area contributed by atoms with E-state index >= 15 is 0 Å². The first kappa shape index (κ1) is 16.8. The van der Waals surface area contributed by atoms with E-state index in [1.165, 1.54) is 11.6 Å². The molecule has 0 aliphatic rings. The summed E-state index contributed by atoms with van der Waals surface area (Å²) in [5.41, 5.74) is 1.94. The zero-order valence-corrected chi connectivity index (χ0v) is 14.1. The molecule has 128 valence electrons. The lowest BCUT2D eigenvalue weighted by molar-refractivity contribution is -0.118. The molecule has 1 N–H and O–H groups in total. The standard InChI is InChI=1S/C20H19NO4/c1-13(2)14-3-7-16(8-4-14)21-19(22)12-24-17-9-5-15-6-10-20(23)25-18(15)11-17/h3-11,13H,12H2,1-2H3,(H,21,22). The van der Waals surface area contributed by atoms with Crippen LogP contribution < -0.4 is 15.7 Å². The van der Waals surface area contributed by atoms with Crippen molar-refractivity contribution in [2.75, 3.05) is 11.9 Å². The Labute approximate surface area is 145 Å². The summed E-state index contributed by atoms with van der Waals surface area (Å²) in [4.78, 5) is 23.3. The highest BCUT2D eigenvalue weighted by molar-refractivity contribution is 5.92. The van der Waals surface area contributed by atoms with Crippen molar-refractivity contribution in [2.45, 2.75) is 19.8 Å². The van der Waals surface area contributed by atoms with Gasteiger partial charge in [-0.1, -0.05) is 26.0 Å². The molecule has 0 bridgehead atoms. The van der Waals surface area contributed by atoms with E-state index in [1.807, 2.05) is 24.3 Å². The maximum atomic E-state index is 12.0. The molecule has 0 spiro atoms. The minimum absolute atomic E-state index is 0.130. The highest BCUT2D eigenvalue weighted by Gasteiger charge is 2.06. The number of amides is 1. The van der Waals surface area contributed by atoms with Crippen LogP contribution in [0.15, 0.2) is 63.8 Å². The topological polar surface area (TPSA) is 68.5 Å². The van der Waals surface area contributed by atoms with Gasteiger partial charge >= 0.3 is 5.63 Å². The van der Waals surface area contributed by atoms with Crippen molar-refractivity contribution < 1.29 is 13.9 Å². The van der Waals surface area contributed by atoms with Gasteiger partial charge in [-0.2, -0.15) is 0 Å². The average Bonchev–Trinajstić information content (AvgIpc) is 2.60. The number of fused-ring (bicyclic) bond motifs is 1. The van der Waals surface area contributed by atoms with E-state index in [-0.39, 0.29) is 12.5 Å². The van der Waals surface area contributed by atoms with Crippen LogP contribution in [0.2, 0.25) is 0 Å². The summed E-state index contributed by atoms with van der Waals surface area (Å²) in [5.74, 6) is 0.653. The Morgan fingerprint density at radius 1 is 1.08 bits per heavy atom. The predicted octanol–water partition coefficient (Wildman–Crippen LogP) is 3.93. The minimum Gasteiger partial charge on any atom is -0.484 e. The van der Waals surface area contributed by atoms with Crippen LogP contribution in [0.4, 0.5) is 5.69 Å². The van der Waals surface area contributed by atoms with Gasteiger partial charge in [-0.3, -0.25) is 4.79 Å². The molecule has 5 nitrogen and oxygen atoms in total. The molecule has 1 amide bonds. The second kappa shape index (κ2) is 7.21. The molecule has 0 unspecified atom stereocenters. The lowest BCUT2D eigenvalue weighted by Crippen LogP contribution is -2.20. The molecule has 2 aromatic carbocycles. The van der Waals surface area contributed by atoms with Crippen LogP contribution in [0.5, 0.6) is 5.75 Å². The quantitative estimate of drug-likeness (QED) is 0.716. The molecule has 3 aromatic rings. The Hall–Kier alpha value is -3.08. The van der Waals surface area contributed by atoms with Gasteiger partial charge in [0, 0.05) is 23.2 Å². The molecule has 3 rings (SSSR count). The van der Waals surface area contributed by atoms with E-state index in [1.54, 1.807) is 24.3 Å². The molecule has 0 aliphatic heterocycles. The van der Waals surface area contributed by atoms with Crippen molar-refractivity contribution in [3.63, 3.8) is 0 Å². The van der Waals surface area contributed by atoms with E-state index in [0.717, 1.165) is 11.1 Å². The van der Waals surface area contributed by atoms with Crippen LogP contribution in [0.25, 0.3) is 11.0 Å². The Bertz CT molecular complexity index is 942. The number of ether oxygens (including phenoxy) is 1. The molecule has 0 saturated carbocycles. The number of rotatable bonds is 5. The molecule has 0 radical (unpaired) electrons. The summed E-state index contributed by atoms with van der Waals surface area (Å²) < 4.78 is 10.6. The number of hydrogen-bond acceptors (Lipinski definition) is 4. The van der Waals surface area contributed by atoms with Gasteiger partial charge in [0.25, 0.3) is 5.91 Å². The maximum absolute atomic E-state index is 12.0. The summed E-state index contributed by atoms with van der Waals surface area (Å²) in [6.07, 6.45) is 0. The van der Waals surface area contributed by atoms with Crippen LogP contribution in [-0.4, -0.2) is 12.5 Å². The molecule has 1 aromatic heterocycles. The molecule has 0 fully saturated rings. The molecule has 0 saturated heterocycles.